The summed E-state index contributed by atoms with van der Waals surface area (Å²) < 4.78 is 7.91. The van der Waals surface area contributed by atoms with E-state index in [0.717, 1.165) is 12.8 Å². The molecule has 0 aliphatic carbocycles. The third-order valence-corrected chi connectivity index (χ3v) is 5.18. The van der Waals surface area contributed by atoms with Gasteiger partial charge in [-0.2, -0.15) is 5.26 Å². The third kappa shape index (κ3) is 5.82. The van der Waals surface area contributed by atoms with Crippen molar-refractivity contribution >= 4 is 16.9 Å². The molecule has 2 N–H and O–H groups in total. The van der Waals surface area contributed by atoms with Gasteiger partial charge in [0.2, 0.25) is 0 Å². The van der Waals surface area contributed by atoms with Crippen molar-refractivity contribution in [3.05, 3.63) is 39.8 Å². The fraction of sp³-hybridized carbons (Fsp3) is 0.560. The standard InChI is InChI=1S/C25H35N3O4/c1-8-9-12-32-20-18-13-16(14-26)10-11-17(18)22(29)28(15-24(2,3)4)19(20)21(25(5,6)7)27-23(30)31/h10-11,13,21,27H,8-9,12,15H2,1-7H3,(H,30,31). The molecule has 0 bridgehead atoms. The highest BCUT2D eigenvalue weighted by molar-refractivity contribution is 5.90. The van der Waals surface area contributed by atoms with E-state index in [9.17, 15) is 20.0 Å². The van der Waals surface area contributed by atoms with Gasteiger partial charge in [-0.15, -0.1) is 0 Å². The summed E-state index contributed by atoms with van der Waals surface area (Å²) in [6.07, 6.45) is 0.558. The molecule has 0 saturated carbocycles. The summed E-state index contributed by atoms with van der Waals surface area (Å²) >= 11 is 0. The summed E-state index contributed by atoms with van der Waals surface area (Å²) in [5.74, 6) is 0.461. The van der Waals surface area contributed by atoms with Gasteiger partial charge in [-0.25, -0.2) is 4.79 Å². The normalized spacial score (nSPS) is 12.9. The number of nitriles is 1. The van der Waals surface area contributed by atoms with Crippen molar-refractivity contribution in [3.63, 3.8) is 0 Å². The molecule has 0 saturated heterocycles. The van der Waals surface area contributed by atoms with Crippen molar-refractivity contribution in [2.24, 2.45) is 10.8 Å². The Kier molecular flexibility index (Phi) is 7.61. The SMILES string of the molecule is CCCCOc1c(C(NC(=O)O)C(C)(C)C)n(CC(C)(C)C)c(=O)c2ccc(C#N)cc12. The highest BCUT2D eigenvalue weighted by Gasteiger charge is 2.35. The largest absolute Gasteiger partial charge is 0.491 e. The van der Waals surface area contributed by atoms with Crippen LogP contribution in [0.25, 0.3) is 10.8 Å². The van der Waals surface area contributed by atoms with E-state index in [0.29, 0.717) is 40.9 Å². The Morgan fingerprint density at radius 1 is 1.22 bits per heavy atom. The van der Waals surface area contributed by atoms with Gasteiger partial charge < -0.3 is 19.7 Å². The van der Waals surface area contributed by atoms with Gasteiger partial charge >= 0.3 is 6.09 Å². The lowest BCUT2D eigenvalue weighted by atomic mass is 9.83. The van der Waals surface area contributed by atoms with Crippen LogP contribution in [-0.2, 0) is 6.54 Å². The fourth-order valence-electron chi connectivity index (χ4n) is 3.71. The molecule has 0 aliphatic rings. The number of nitrogens with zero attached hydrogens (tertiary/aromatic N) is 2. The first kappa shape index (κ1) is 25.3. The first-order valence-corrected chi connectivity index (χ1v) is 11.0. The van der Waals surface area contributed by atoms with Gasteiger partial charge in [0.15, 0.2) is 0 Å². The number of rotatable bonds is 7. The maximum absolute atomic E-state index is 13.7. The zero-order valence-corrected chi connectivity index (χ0v) is 20.2. The minimum Gasteiger partial charge on any atom is -0.491 e. The van der Waals surface area contributed by atoms with Crippen LogP contribution in [0.2, 0.25) is 0 Å². The second-order valence-corrected chi connectivity index (χ2v) is 10.5. The third-order valence-electron chi connectivity index (χ3n) is 5.18. The zero-order chi connectivity index (χ0) is 24.3. The molecule has 7 nitrogen and oxygen atoms in total. The number of ether oxygens (including phenoxy) is 1. The Bertz CT molecular complexity index is 1080. The monoisotopic (exact) mass is 441 g/mol. The quantitative estimate of drug-likeness (QED) is 0.556. The van der Waals surface area contributed by atoms with Crippen molar-refractivity contribution in [3.8, 4) is 11.8 Å². The average molecular weight is 442 g/mol. The zero-order valence-electron chi connectivity index (χ0n) is 20.2. The minimum atomic E-state index is -1.18. The van der Waals surface area contributed by atoms with Crippen LogP contribution in [0, 0.1) is 22.2 Å². The Hall–Kier alpha value is -3.01. The molecule has 1 amide bonds. The highest BCUT2D eigenvalue weighted by atomic mass is 16.5. The number of amides is 1. The summed E-state index contributed by atoms with van der Waals surface area (Å²) in [6.45, 7) is 14.7. The number of hydrogen-bond donors (Lipinski definition) is 2. The second kappa shape index (κ2) is 9.64. The number of carboxylic acid groups (broad SMARTS) is 1. The number of benzene rings is 1. The Balaban J connectivity index is 3.04. The number of nitrogens with one attached hydrogen (secondary N) is 1. The molecule has 2 rings (SSSR count). The van der Waals surface area contributed by atoms with Crippen LogP contribution in [-0.4, -0.2) is 22.4 Å². The van der Waals surface area contributed by atoms with Crippen LogP contribution in [0.5, 0.6) is 5.75 Å². The molecule has 0 fully saturated rings. The van der Waals surface area contributed by atoms with Crippen LogP contribution in [0.1, 0.15) is 78.6 Å². The minimum absolute atomic E-state index is 0.223. The van der Waals surface area contributed by atoms with E-state index in [2.05, 4.69) is 18.3 Å². The molecular weight excluding hydrogens is 406 g/mol. The lowest BCUT2D eigenvalue weighted by Crippen LogP contribution is -2.41. The molecule has 1 aromatic heterocycles. The van der Waals surface area contributed by atoms with Crippen molar-refractivity contribution < 1.29 is 14.6 Å². The lowest BCUT2D eigenvalue weighted by molar-refractivity contribution is 0.169. The van der Waals surface area contributed by atoms with Gasteiger partial charge in [0, 0.05) is 11.9 Å². The predicted octanol–water partition coefficient (Wildman–Crippen LogP) is 5.45. The van der Waals surface area contributed by atoms with E-state index >= 15 is 0 Å². The topological polar surface area (TPSA) is 104 Å². The van der Waals surface area contributed by atoms with Gasteiger partial charge in [-0.3, -0.25) is 4.79 Å². The molecule has 32 heavy (non-hydrogen) atoms. The maximum atomic E-state index is 13.7. The highest BCUT2D eigenvalue weighted by Crippen LogP contribution is 2.41. The molecule has 174 valence electrons. The molecule has 7 heteroatoms. The molecule has 1 aromatic carbocycles. The number of fused-ring (bicyclic) bond motifs is 1. The molecule has 1 atom stereocenters. The van der Waals surface area contributed by atoms with Gasteiger partial charge in [-0.05, 0) is 35.4 Å². The second-order valence-electron chi connectivity index (χ2n) is 10.5. The average Bonchev–Trinajstić information content (AvgIpc) is 2.67. The lowest BCUT2D eigenvalue weighted by Gasteiger charge is -2.35. The first-order chi connectivity index (χ1) is 14.8. The fourth-order valence-corrected chi connectivity index (χ4v) is 3.71. The number of carbonyl (C=O) groups is 1. The summed E-state index contributed by atoms with van der Waals surface area (Å²) in [5, 5.41) is 22.7. The van der Waals surface area contributed by atoms with E-state index in [4.69, 9.17) is 4.74 Å². The van der Waals surface area contributed by atoms with Crippen molar-refractivity contribution in [2.45, 2.75) is 73.9 Å². The number of unbranched alkanes of at least 4 members (excludes halogenated alkanes) is 1. The van der Waals surface area contributed by atoms with Crippen LogP contribution in [0.15, 0.2) is 23.0 Å². The number of pyridine rings is 1. The van der Waals surface area contributed by atoms with E-state index < -0.39 is 17.6 Å². The summed E-state index contributed by atoms with van der Waals surface area (Å²) in [4.78, 5) is 25.4. The molecule has 1 heterocycles. The van der Waals surface area contributed by atoms with Crippen molar-refractivity contribution in [1.82, 2.24) is 9.88 Å². The molecule has 0 radical (unpaired) electrons. The van der Waals surface area contributed by atoms with Crippen LogP contribution in [0.3, 0.4) is 0 Å². The Labute approximate surface area is 190 Å². The van der Waals surface area contributed by atoms with E-state index in [1.807, 2.05) is 41.5 Å². The van der Waals surface area contributed by atoms with Crippen LogP contribution >= 0.6 is 0 Å². The summed E-state index contributed by atoms with van der Waals surface area (Å²) in [6, 6.07) is 6.35. The summed E-state index contributed by atoms with van der Waals surface area (Å²) in [5.41, 5.74) is -0.105. The van der Waals surface area contributed by atoms with Crippen LogP contribution in [0.4, 0.5) is 4.79 Å². The number of aromatic nitrogens is 1. The molecule has 2 aromatic rings. The smallest absolute Gasteiger partial charge is 0.405 e. The molecule has 1 unspecified atom stereocenters. The summed E-state index contributed by atoms with van der Waals surface area (Å²) in [7, 11) is 0. The Morgan fingerprint density at radius 3 is 2.38 bits per heavy atom. The van der Waals surface area contributed by atoms with E-state index in [-0.39, 0.29) is 11.0 Å². The van der Waals surface area contributed by atoms with Gasteiger partial charge in [0.05, 0.1) is 35.4 Å². The Morgan fingerprint density at radius 2 is 1.88 bits per heavy atom. The number of hydrogen-bond acceptors (Lipinski definition) is 4. The van der Waals surface area contributed by atoms with Gasteiger partial charge in [0.25, 0.3) is 5.56 Å². The van der Waals surface area contributed by atoms with Gasteiger partial charge in [-0.1, -0.05) is 54.9 Å². The van der Waals surface area contributed by atoms with Crippen LogP contribution < -0.4 is 15.6 Å². The van der Waals surface area contributed by atoms with Gasteiger partial charge in [0.1, 0.15) is 5.75 Å². The molecule has 0 aliphatic heterocycles. The van der Waals surface area contributed by atoms with E-state index in [1.54, 1.807) is 22.8 Å². The maximum Gasteiger partial charge on any atom is 0.405 e. The van der Waals surface area contributed by atoms with Crippen molar-refractivity contribution in [1.29, 1.82) is 5.26 Å². The molecular formula is C25H35N3O4. The first-order valence-electron chi connectivity index (χ1n) is 11.0. The van der Waals surface area contributed by atoms with Crippen molar-refractivity contribution in [2.75, 3.05) is 6.61 Å². The molecule has 0 spiro atoms. The van der Waals surface area contributed by atoms with E-state index in [1.165, 1.54) is 0 Å². The predicted molar refractivity (Wildman–Crippen MR) is 126 cm³/mol.